The quantitative estimate of drug-likeness (QED) is 0.386. The molecular weight excluding hydrogens is 502 g/mol. The molecule has 0 amide bonds. The molecule has 4 aliphatic heterocycles. The van der Waals surface area contributed by atoms with Crippen molar-refractivity contribution in [2.45, 2.75) is 50.9 Å². The lowest BCUT2D eigenvalue weighted by molar-refractivity contribution is -0.000118. The fraction of sp³-hybridized carbons (Fsp3) is 0.516. The fourth-order valence-corrected chi connectivity index (χ4v) is 7.65. The number of likely N-dealkylation sites (tertiary alicyclic amines) is 1. The SMILES string of the molecule is CN1C2CCC1CN(Cc1ccc3nc(Cn4ccc5c(N6CC7(CCOCC7)C6)cncc5c4=O)cn3c1)C2. The molecule has 0 N–H and O–H groups in total. The van der Waals surface area contributed by atoms with Gasteiger partial charge < -0.3 is 18.6 Å². The summed E-state index contributed by atoms with van der Waals surface area (Å²) < 4.78 is 9.44. The van der Waals surface area contributed by atoms with Gasteiger partial charge in [0.1, 0.15) is 5.65 Å². The Morgan fingerprint density at radius 1 is 0.975 bits per heavy atom. The van der Waals surface area contributed by atoms with Crippen LogP contribution in [0.2, 0.25) is 0 Å². The first-order valence-electron chi connectivity index (χ1n) is 14.7. The molecular formula is C31H37N7O2. The zero-order chi connectivity index (χ0) is 26.8. The van der Waals surface area contributed by atoms with Crippen LogP contribution in [0.25, 0.3) is 16.4 Å². The lowest BCUT2D eigenvalue weighted by Gasteiger charge is -2.53. The highest BCUT2D eigenvalue weighted by atomic mass is 16.5. The number of anilines is 1. The van der Waals surface area contributed by atoms with Gasteiger partial charge >= 0.3 is 0 Å². The first-order chi connectivity index (χ1) is 19.5. The molecule has 4 aliphatic rings. The molecule has 2 bridgehead atoms. The summed E-state index contributed by atoms with van der Waals surface area (Å²) in [5.74, 6) is 0. The predicted octanol–water partition coefficient (Wildman–Crippen LogP) is 2.99. The van der Waals surface area contributed by atoms with Gasteiger partial charge in [0.15, 0.2) is 0 Å². The summed E-state index contributed by atoms with van der Waals surface area (Å²) in [6.45, 7) is 7.44. The molecule has 1 spiro atoms. The molecule has 4 saturated heterocycles. The molecule has 2 atom stereocenters. The Morgan fingerprint density at radius 3 is 2.58 bits per heavy atom. The highest BCUT2D eigenvalue weighted by Crippen LogP contribution is 2.43. The lowest BCUT2D eigenvalue weighted by atomic mass is 9.73. The highest BCUT2D eigenvalue weighted by molar-refractivity contribution is 5.93. The first-order valence-corrected chi connectivity index (χ1v) is 14.7. The number of pyridine rings is 3. The van der Waals surface area contributed by atoms with Crippen molar-refractivity contribution in [3.05, 3.63) is 70.8 Å². The Hall–Kier alpha value is -3.27. The van der Waals surface area contributed by atoms with Crippen LogP contribution in [0.3, 0.4) is 0 Å². The second-order valence-electron chi connectivity index (χ2n) is 12.6. The monoisotopic (exact) mass is 539 g/mol. The van der Waals surface area contributed by atoms with E-state index < -0.39 is 0 Å². The number of likely N-dealkylation sites (N-methyl/N-ethyl adjacent to an activating group) is 1. The van der Waals surface area contributed by atoms with Gasteiger partial charge in [-0.15, -0.1) is 0 Å². The van der Waals surface area contributed by atoms with Gasteiger partial charge in [0.2, 0.25) is 0 Å². The number of rotatable bonds is 5. The van der Waals surface area contributed by atoms with E-state index in [1.54, 1.807) is 10.8 Å². The van der Waals surface area contributed by atoms with Crippen LogP contribution >= 0.6 is 0 Å². The van der Waals surface area contributed by atoms with Gasteiger partial charge in [-0.05, 0) is 50.4 Å². The summed E-state index contributed by atoms with van der Waals surface area (Å²) in [5, 5.41) is 1.65. The standard InChI is InChI=1S/C31H37N7O2/c1-34-24-3-4-25(34)19-35(18-24)14-22-2-5-29-33-23(17-37(29)15-22)16-36-9-6-26-27(30(36)39)12-32-13-28(26)38-20-31(21-38)7-10-40-11-8-31/h2,5-6,9,12-13,15,17,24-25H,3-4,7-8,10-11,14,16,18-21H2,1H3. The Morgan fingerprint density at radius 2 is 1.77 bits per heavy atom. The molecule has 4 aromatic rings. The summed E-state index contributed by atoms with van der Waals surface area (Å²) in [6.07, 6.45) is 14.7. The van der Waals surface area contributed by atoms with Crippen molar-refractivity contribution in [2.24, 2.45) is 5.41 Å². The normalized spacial score (nSPS) is 24.8. The summed E-state index contributed by atoms with van der Waals surface area (Å²) in [5.41, 5.74) is 4.50. The third-order valence-electron chi connectivity index (χ3n) is 10.0. The molecule has 9 nitrogen and oxygen atoms in total. The zero-order valence-electron chi connectivity index (χ0n) is 23.2. The maximum Gasteiger partial charge on any atom is 0.260 e. The summed E-state index contributed by atoms with van der Waals surface area (Å²) >= 11 is 0. The molecule has 2 unspecified atom stereocenters. The molecule has 4 aromatic heterocycles. The topological polar surface area (TPSA) is 71.1 Å². The summed E-state index contributed by atoms with van der Waals surface area (Å²) in [6, 6.07) is 7.76. The van der Waals surface area contributed by atoms with Crippen molar-refractivity contribution in [2.75, 3.05) is 51.3 Å². The molecule has 0 aliphatic carbocycles. The van der Waals surface area contributed by atoms with E-state index in [1.165, 1.54) is 18.4 Å². The molecule has 9 heteroatoms. The average Bonchev–Trinajstić information content (AvgIpc) is 3.42. The van der Waals surface area contributed by atoms with Gasteiger partial charge in [-0.3, -0.25) is 19.6 Å². The average molecular weight is 540 g/mol. The van der Waals surface area contributed by atoms with E-state index in [1.807, 2.05) is 12.4 Å². The van der Waals surface area contributed by atoms with E-state index in [9.17, 15) is 4.79 Å². The molecule has 4 fully saturated rings. The Bertz CT molecular complexity index is 1620. The number of fused-ring (bicyclic) bond motifs is 4. The Balaban J connectivity index is 1.00. The van der Waals surface area contributed by atoms with Crippen LogP contribution in [0, 0.1) is 5.41 Å². The number of aromatic nitrogens is 4. The number of nitrogens with zero attached hydrogens (tertiary/aromatic N) is 7. The minimum Gasteiger partial charge on any atom is -0.381 e. The van der Waals surface area contributed by atoms with Gasteiger partial charge in [-0.1, -0.05) is 6.07 Å². The zero-order valence-corrected chi connectivity index (χ0v) is 23.2. The summed E-state index contributed by atoms with van der Waals surface area (Å²) in [7, 11) is 2.28. The van der Waals surface area contributed by atoms with Crippen LogP contribution in [-0.4, -0.2) is 87.3 Å². The van der Waals surface area contributed by atoms with E-state index in [4.69, 9.17) is 9.72 Å². The van der Waals surface area contributed by atoms with Gasteiger partial charge in [-0.25, -0.2) is 4.98 Å². The van der Waals surface area contributed by atoms with Gasteiger partial charge in [-0.2, -0.15) is 0 Å². The maximum absolute atomic E-state index is 13.5. The molecule has 8 rings (SSSR count). The van der Waals surface area contributed by atoms with Gasteiger partial charge in [0, 0.05) is 93.6 Å². The maximum atomic E-state index is 13.5. The first kappa shape index (κ1) is 24.5. The third kappa shape index (κ3) is 4.14. The smallest absolute Gasteiger partial charge is 0.260 e. The van der Waals surface area contributed by atoms with Crippen molar-refractivity contribution in [3.63, 3.8) is 0 Å². The van der Waals surface area contributed by atoms with Crippen molar-refractivity contribution < 1.29 is 4.74 Å². The van der Waals surface area contributed by atoms with Crippen molar-refractivity contribution in [1.82, 2.24) is 28.7 Å². The summed E-state index contributed by atoms with van der Waals surface area (Å²) in [4.78, 5) is 30.4. The second kappa shape index (κ2) is 9.39. The van der Waals surface area contributed by atoms with Crippen LogP contribution in [0.1, 0.15) is 36.9 Å². The van der Waals surface area contributed by atoms with Crippen LogP contribution in [0.4, 0.5) is 5.69 Å². The van der Waals surface area contributed by atoms with Crippen LogP contribution in [0.15, 0.2) is 54.0 Å². The van der Waals surface area contributed by atoms with Crippen LogP contribution < -0.4 is 10.5 Å². The van der Waals surface area contributed by atoms with Crippen molar-refractivity contribution in [1.29, 1.82) is 0 Å². The third-order valence-corrected chi connectivity index (χ3v) is 10.0. The van der Waals surface area contributed by atoms with E-state index in [0.717, 1.165) is 81.2 Å². The van der Waals surface area contributed by atoms with Gasteiger partial charge in [0.05, 0.1) is 29.5 Å². The van der Waals surface area contributed by atoms with Crippen LogP contribution in [-0.2, 0) is 17.8 Å². The number of hydrogen-bond acceptors (Lipinski definition) is 7. The number of piperazine rings is 1. The molecule has 208 valence electrons. The number of hydrogen-bond donors (Lipinski definition) is 0. The lowest BCUT2D eigenvalue weighted by Crippen LogP contribution is -2.58. The van der Waals surface area contributed by atoms with Crippen LogP contribution in [0.5, 0.6) is 0 Å². The molecule has 0 radical (unpaired) electrons. The van der Waals surface area contributed by atoms with E-state index in [0.29, 0.717) is 29.4 Å². The van der Waals surface area contributed by atoms with E-state index in [-0.39, 0.29) is 5.56 Å². The number of imidazole rings is 1. The van der Waals surface area contributed by atoms with E-state index >= 15 is 0 Å². The van der Waals surface area contributed by atoms with E-state index in [2.05, 4.69) is 61.7 Å². The fourth-order valence-electron chi connectivity index (χ4n) is 7.65. The Kier molecular flexibility index (Phi) is 5.76. The number of ether oxygens (including phenoxy) is 1. The largest absolute Gasteiger partial charge is 0.381 e. The second-order valence-corrected chi connectivity index (χ2v) is 12.6. The van der Waals surface area contributed by atoms with Gasteiger partial charge in [0.25, 0.3) is 5.56 Å². The highest BCUT2D eigenvalue weighted by Gasteiger charge is 2.44. The molecule has 0 aromatic carbocycles. The minimum absolute atomic E-state index is 0.0180. The van der Waals surface area contributed by atoms with Crippen molar-refractivity contribution >= 4 is 22.1 Å². The molecule has 8 heterocycles. The van der Waals surface area contributed by atoms with Crippen molar-refractivity contribution in [3.8, 4) is 0 Å². The predicted molar refractivity (Wildman–Crippen MR) is 155 cm³/mol. The minimum atomic E-state index is -0.0180. The Labute approximate surface area is 234 Å². The molecule has 0 saturated carbocycles. The molecule has 40 heavy (non-hydrogen) atoms.